The van der Waals surface area contributed by atoms with Crippen LogP contribution in [0.2, 0.25) is 5.02 Å². The standard InChI is InChI=1S/C16H22ClNO/c1-12-10-16(6-8-19-12)5-7-18-11-15(16)13-3-2-4-14(17)9-13/h2-4,9,12,15,18H,5-8,10-11H2,1H3. The highest BCUT2D eigenvalue weighted by atomic mass is 35.5. The van der Waals surface area contributed by atoms with Crippen LogP contribution in [-0.2, 0) is 4.74 Å². The summed E-state index contributed by atoms with van der Waals surface area (Å²) in [7, 11) is 0. The SMILES string of the molecule is CC1CC2(CCNCC2c2cccc(Cl)c2)CCO1. The summed E-state index contributed by atoms with van der Waals surface area (Å²) in [5.41, 5.74) is 1.78. The average molecular weight is 280 g/mol. The molecule has 2 saturated heterocycles. The molecule has 0 radical (unpaired) electrons. The maximum absolute atomic E-state index is 6.17. The van der Waals surface area contributed by atoms with E-state index >= 15 is 0 Å². The molecule has 3 rings (SSSR count). The monoisotopic (exact) mass is 279 g/mol. The van der Waals surface area contributed by atoms with E-state index in [0.717, 1.165) is 24.7 Å². The van der Waals surface area contributed by atoms with Gasteiger partial charge in [0.15, 0.2) is 0 Å². The first-order chi connectivity index (χ1) is 9.20. The van der Waals surface area contributed by atoms with Crippen LogP contribution < -0.4 is 5.32 Å². The van der Waals surface area contributed by atoms with Crippen molar-refractivity contribution in [3.63, 3.8) is 0 Å². The third-order valence-electron chi connectivity index (χ3n) is 4.83. The molecule has 1 N–H and O–H groups in total. The average Bonchev–Trinajstić information content (AvgIpc) is 2.39. The smallest absolute Gasteiger partial charge is 0.0552 e. The summed E-state index contributed by atoms with van der Waals surface area (Å²) in [5, 5.41) is 4.40. The lowest BCUT2D eigenvalue weighted by molar-refractivity contribution is -0.0596. The minimum atomic E-state index is 0.383. The van der Waals surface area contributed by atoms with E-state index in [2.05, 4.69) is 30.4 Å². The second-order valence-corrected chi connectivity index (χ2v) is 6.50. The quantitative estimate of drug-likeness (QED) is 0.848. The lowest BCUT2D eigenvalue weighted by Crippen LogP contribution is -2.48. The molecule has 0 bridgehead atoms. The fourth-order valence-electron chi connectivity index (χ4n) is 3.91. The third-order valence-corrected chi connectivity index (χ3v) is 5.07. The van der Waals surface area contributed by atoms with Crippen molar-refractivity contribution < 1.29 is 4.74 Å². The Morgan fingerprint density at radius 1 is 1.37 bits per heavy atom. The van der Waals surface area contributed by atoms with Gasteiger partial charge in [0.05, 0.1) is 6.10 Å². The maximum Gasteiger partial charge on any atom is 0.0552 e. The molecule has 0 amide bonds. The first-order valence-corrected chi connectivity index (χ1v) is 7.65. The summed E-state index contributed by atoms with van der Waals surface area (Å²) in [5.74, 6) is 0.561. The molecule has 3 atom stereocenters. The first kappa shape index (κ1) is 13.4. The molecule has 0 aliphatic carbocycles. The van der Waals surface area contributed by atoms with Crippen molar-refractivity contribution in [2.24, 2.45) is 5.41 Å². The van der Waals surface area contributed by atoms with Crippen molar-refractivity contribution in [2.45, 2.75) is 38.2 Å². The predicted molar refractivity (Wildman–Crippen MR) is 78.8 cm³/mol. The highest BCUT2D eigenvalue weighted by Gasteiger charge is 2.44. The van der Waals surface area contributed by atoms with Gasteiger partial charge in [-0.3, -0.25) is 0 Å². The van der Waals surface area contributed by atoms with E-state index in [4.69, 9.17) is 16.3 Å². The Kier molecular flexibility index (Phi) is 3.84. The van der Waals surface area contributed by atoms with E-state index in [0.29, 0.717) is 17.4 Å². The number of nitrogens with one attached hydrogen (secondary N) is 1. The van der Waals surface area contributed by atoms with Crippen LogP contribution in [-0.4, -0.2) is 25.8 Å². The zero-order chi connectivity index (χ0) is 13.3. The fourth-order valence-corrected chi connectivity index (χ4v) is 4.11. The Balaban J connectivity index is 1.92. The summed E-state index contributed by atoms with van der Waals surface area (Å²) in [6.45, 7) is 5.30. The molecule has 1 spiro atoms. The minimum Gasteiger partial charge on any atom is -0.378 e. The van der Waals surface area contributed by atoms with Crippen molar-refractivity contribution in [1.29, 1.82) is 0 Å². The number of hydrogen-bond donors (Lipinski definition) is 1. The van der Waals surface area contributed by atoms with Gasteiger partial charge < -0.3 is 10.1 Å². The zero-order valence-electron chi connectivity index (χ0n) is 11.5. The van der Waals surface area contributed by atoms with Gasteiger partial charge in [0, 0.05) is 24.1 Å². The molecule has 1 aromatic rings. The van der Waals surface area contributed by atoms with Crippen LogP contribution in [0.25, 0.3) is 0 Å². The Hall–Kier alpha value is -0.570. The summed E-state index contributed by atoms with van der Waals surface area (Å²) in [6.07, 6.45) is 3.98. The maximum atomic E-state index is 6.17. The highest BCUT2D eigenvalue weighted by molar-refractivity contribution is 6.30. The lowest BCUT2D eigenvalue weighted by atomic mass is 9.62. The van der Waals surface area contributed by atoms with Crippen LogP contribution in [0.4, 0.5) is 0 Å². The van der Waals surface area contributed by atoms with Crippen LogP contribution in [0.1, 0.15) is 37.7 Å². The van der Waals surface area contributed by atoms with E-state index in [9.17, 15) is 0 Å². The molecule has 104 valence electrons. The molecule has 2 fully saturated rings. The molecular formula is C16H22ClNO. The Bertz CT molecular complexity index is 446. The van der Waals surface area contributed by atoms with Crippen LogP contribution in [0.5, 0.6) is 0 Å². The van der Waals surface area contributed by atoms with Gasteiger partial charge in [-0.25, -0.2) is 0 Å². The molecule has 2 heterocycles. The lowest BCUT2D eigenvalue weighted by Gasteiger charge is -2.49. The Morgan fingerprint density at radius 2 is 2.26 bits per heavy atom. The van der Waals surface area contributed by atoms with Crippen molar-refractivity contribution in [2.75, 3.05) is 19.7 Å². The van der Waals surface area contributed by atoms with Crippen molar-refractivity contribution >= 4 is 11.6 Å². The van der Waals surface area contributed by atoms with E-state index in [1.807, 2.05) is 6.07 Å². The summed E-state index contributed by atoms with van der Waals surface area (Å²) in [4.78, 5) is 0. The van der Waals surface area contributed by atoms with Crippen LogP contribution >= 0.6 is 11.6 Å². The summed E-state index contributed by atoms with van der Waals surface area (Å²) >= 11 is 6.17. The third kappa shape index (κ3) is 2.67. The van der Waals surface area contributed by atoms with Crippen LogP contribution in [0.3, 0.4) is 0 Å². The molecule has 0 saturated carbocycles. The van der Waals surface area contributed by atoms with Crippen LogP contribution in [0.15, 0.2) is 24.3 Å². The van der Waals surface area contributed by atoms with E-state index in [1.54, 1.807) is 0 Å². The molecule has 3 heteroatoms. The van der Waals surface area contributed by atoms with Gasteiger partial charge in [-0.15, -0.1) is 0 Å². The highest BCUT2D eigenvalue weighted by Crippen LogP contribution is 2.49. The number of halogens is 1. The number of piperidine rings is 1. The molecule has 2 nitrogen and oxygen atoms in total. The topological polar surface area (TPSA) is 21.3 Å². The van der Waals surface area contributed by atoms with Crippen molar-refractivity contribution in [3.05, 3.63) is 34.9 Å². The second-order valence-electron chi connectivity index (χ2n) is 6.06. The second kappa shape index (κ2) is 5.43. The van der Waals surface area contributed by atoms with E-state index in [1.165, 1.54) is 24.8 Å². The zero-order valence-corrected chi connectivity index (χ0v) is 12.2. The number of hydrogen-bond acceptors (Lipinski definition) is 2. The number of benzene rings is 1. The molecular weight excluding hydrogens is 258 g/mol. The molecule has 19 heavy (non-hydrogen) atoms. The van der Waals surface area contributed by atoms with Crippen molar-refractivity contribution in [1.82, 2.24) is 5.32 Å². The molecule has 3 unspecified atom stereocenters. The van der Waals surface area contributed by atoms with E-state index in [-0.39, 0.29) is 0 Å². The first-order valence-electron chi connectivity index (χ1n) is 7.27. The van der Waals surface area contributed by atoms with Gasteiger partial charge in [-0.05, 0) is 55.8 Å². The molecule has 2 aliphatic heterocycles. The largest absolute Gasteiger partial charge is 0.378 e. The molecule has 0 aromatic heterocycles. The fraction of sp³-hybridized carbons (Fsp3) is 0.625. The van der Waals surface area contributed by atoms with Gasteiger partial charge in [0.2, 0.25) is 0 Å². The number of rotatable bonds is 1. The van der Waals surface area contributed by atoms with Gasteiger partial charge in [0.25, 0.3) is 0 Å². The van der Waals surface area contributed by atoms with Gasteiger partial charge >= 0.3 is 0 Å². The van der Waals surface area contributed by atoms with Gasteiger partial charge in [0.1, 0.15) is 0 Å². The molecule has 1 aromatic carbocycles. The minimum absolute atomic E-state index is 0.383. The van der Waals surface area contributed by atoms with E-state index < -0.39 is 0 Å². The Morgan fingerprint density at radius 3 is 3.05 bits per heavy atom. The molecule has 2 aliphatic rings. The van der Waals surface area contributed by atoms with Gasteiger partial charge in [-0.2, -0.15) is 0 Å². The van der Waals surface area contributed by atoms with Crippen LogP contribution in [0, 0.1) is 5.41 Å². The van der Waals surface area contributed by atoms with Crippen molar-refractivity contribution in [3.8, 4) is 0 Å². The number of ether oxygens (including phenoxy) is 1. The Labute approximate surface area is 120 Å². The normalized spacial score (nSPS) is 35.5. The van der Waals surface area contributed by atoms with Gasteiger partial charge in [-0.1, -0.05) is 23.7 Å². The predicted octanol–water partition coefficient (Wildman–Crippen LogP) is 3.60. The summed E-state index contributed by atoms with van der Waals surface area (Å²) < 4.78 is 5.77. The summed E-state index contributed by atoms with van der Waals surface area (Å²) in [6, 6.07) is 8.40.